The van der Waals surface area contributed by atoms with E-state index in [-0.39, 0.29) is 5.91 Å². The second-order valence-electron chi connectivity index (χ2n) is 5.30. The van der Waals surface area contributed by atoms with Gasteiger partial charge in [0.05, 0.1) is 6.54 Å². The Morgan fingerprint density at radius 1 is 1.35 bits per heavy atom. The van der Waals surface area contributed by atoms with Crippen molar-refractivity contribution in [1.82, 2.24) is 10.6 Å². The van der Waals surface area contributed by atoms with Crippen LogP contribution in [0.15, 0.2) is 28.7 Å². The zero-order valence-corrected chi connectivity index (χ0v) is 11.7. The van der Waals surface area contributed by atoms with Crippen LogP contribution in [0.5, 0.6) is 0 Å². The molecule has 2 N–H and O–H groups in total. The van der Waals surface area contributed by atoms with E-state index < -0.39 is 0 Å². The number of hydrogen-bond acceptors (Lipinski definition) is 3. The van der Waals surface area contributed by atoms with E-state index in [9.17, 15) is 4.79 Å². The summed E-state index contributed by atoms with van der Waals surface area (Å²) in [7, 11) is 0. The number of carbonyl (C=O) groups is 1. The Hall–Kier alpha value is -1.81. The number of fused-ring (bicyclic) bond motifs is 1. The zero-order chi connectivity index (χ0) is 13.9. The van der Waals surface area contributed by atoms with E-state index in [1.54, 1.807) is 0 Å². The van der Waals surface area contributed by atoms with Crippen LogP contribution >= 0.6 is 0 Å². The molecule has 0 aliphatic heterocycles. The SMILES string of the molecule is CCc1oc2ccccc2c1CNCC(=O)NC1CC1. The molecule has 1 fully saturated rings. The number of furan rings is 1. The molecule has 0 bridgehead atoms. The lowest BCUT2D eigenvalue weighted by Gasteiger charge is -2.06. The Morgan fingerprint density at radius 3 is 2.90 bits per heavy atom. The smallest absolute Gasteiger partial charge is 0.234 e. The third kappa shape index (κ3) is 2.85. The molecule has 0 unspecified atom stereocenters. The van der Waals surface area contributed by atoms with E-state index in [0.717, 1.165) is 36.0 Å². The Labute approximate surface area is 118 Å². The maximum absolute atomic E-state index is 11.6. The molecule has 1 aromatic carbocycles. The van der Waals surface area contributed by atoms with Gasteiger partial charge in [0.25, 0.3) is 0 Å². The molecule has 1 aliphatic rings. The summed E-state index contributed by atoms with van der Waals surface area (Å²) in [6, 6.07) is 8.47. The van der Waals surface area contributed by atoms with Crippen molar-refractivity contribution < 1.29 is 9.21 Å². The summed E-state index contributed by atoms with van der Waals surface area (Å²) < 4.78 is 5.84. The van der Waals surface area contributed by atoms with Crippen molar-refractivity contribution in [3.8, 4) is 0 Å². The molecule has 1 saturated carbocycles. The Bertz CT molecular complexity index is 614. The molecule has 1 amide bonds. The standard InChI is InChI=1S/C16H20N2O2/c1-2-14-13(12-5-3-4-6-15(12)20-14)9-17-10-16(19)18-11-7-8-11/h3-6,11,17H,2,7-10H2,1H3,(H,18,19). The van der Waals surface area contributed by atoms with Gasteiger partial charge in [0.2, 0.25) is 5.91 Å². The molecule has 3 rings (SSSR count). The fourth-order valence-electron chi connectivity index (χ4n) is 2.44. The van der Waals surface area contributed by atoms with Crippen molar-refractivity contribution in [1.29, 1.82) is 0 Å². The van der Waals surface area contributed by atoms with Crippen LogP contribution in [-0.2, 0) is 17.8 Å². The molecule has 0 spiro atoms. The molecule has 4 nitrogen and oxygen atoms in total. The molecular formula is C16H20N2O2. The minimum absolute atomic E-state index is 0.0818. The number of amides is 1. The number of rotatable bonds is 6. The van der Waals surface area contributed by atoms with Crippen LogP contribution < -0.4 is 10.6 Å². The normalized spacial score (nSPS) is 14.7. The number of benzene rings is 1. The van der Waals surface area contributed by atoms with Gasteiger partial charge in [0.15, 0.2) is 0 Å². The van der Waals surface area contributed by atoms with Gasteiger partial charge in [-0.15, -0.1) is 0 Å². The summed E-state index contributed by atoms with van der Waals surface area (Å²) in [5.41, 5.74) is 2.09. The summed E-state index contributed by atoms with van der Waals surface area (Å²) in [5, 5.41) is 7.33. The lowest BCUT2D eigenvalue weighted by Crippen LogP contribution is -2.34. The minimum atomic E-state index is 0.0818. The molecular weight excluding hydrogens is 252 g/mol. The molecule has 0 atom stereocenters. The highest BCUT2D eigenvalue weighted by atomic mass is 16.3. The van der Waals surface area contributed by atoms with Crippen molar-refractivity contribution in [3.63, 3.8) is 0 Å². The molecule has 2 aromatic rings. The Kier molecular flexibility index (Phi) is 3.74. The second-order valence-corrected chi connectivity index (χ2v) is 5.30. The van der Waals surface area contributed by atoms with E-state index >= 15 is 0 Å². The average molecular weight is 272 g/mol. The van der Waals surface area contributed by atoms with Gasteiger partial charge in [-0.25, -0.2) is 0 Å². The first-order valence-corrected chi connectivity index (χ1v) is 7.27. The quantitative estimate of drug-likeness (QED) is 0.849. The lowest BCUT2D eigenvalue weighted by molar-refractivity contribution is -0.120. The average Bonchev–Trinajstić information content (AvgIpc) is 3.19. The first-order chi connectivity index (χ1) is 9.78. The van der Waals surface area contributed by atoms with Gasteiger partial charge in [-0.05, 0) is 18.9 Å². The third-order valence-corrected chi connectivity index (χ3v) is 3.63. The number of para-hydroxylation sites is 1. The van der Waals surface area contributed by atoms with Crippen molar-refractivity contribution in [2.45, 2.75) is 38.8 Å². The highest BCUT2D eigenvalue weighted by Gasteiger charge is 2.22. The maximum atomic E-state index is 11.6. The predicted molar refractivity (Wildman–Crippen MR) is 78.5 cm³/mol. The van der Waals surface area contributed by atoms with Crippen LogP contribution in [0.2, 0.25) is 0 Å². The van der Waals surface area contributed by atoms with Crippen molar-refractivity contribution in [2.75, 3.05) is 6.54 Å². The first-order valence-electron chi connectivity index (χ1n) is 7.27. The predicted octanol–water partition coefficient (Wildman–Crippen LogP) is 2.36. The fraction of sp³-hybridized carbons (Fsp3) is 0.438. The van der Waals surface area contributed by atoms with E-state index in [0.29, 0.717) is 19.1 Å². The lowest BCUT2D eigenvalue weighted by atomic mass is 10.1. The molecule has 0 saturated heterocycles. The van der Waals surface area contributed by atoms with E-state index in [1.165, 1.54) is 5.56 Å². The van der Waals surface area contributed by atoms with E-state index in [2.05, 4.69) is 23.6 Å². The molecule has 106 valence electrons. The summed E-state index contributed by atoms with van der Waals surface area (Å²) in [4.78, 5) is 11.6. The highest BCUT2D eigenvalue weighted by Crippen LogP contribution is 2.26. The molecule has 0 radical (unpaired) electrons. The van der Waals surface area contributed by atoms with Gasteiger partial charge < -0.3 is 15.1 Å². The van der Waals surface area contributed by atoms with Gasteiger partial charge in [0, 0.05) is 30.0 Å². The number of nitrogens with one attached hydrogen (secondary N) is 2. The van der Waals surface area contributed by atoms with Gasteiger partial charge >= 0.3 is 0 Å². The van der Waals surface area contributed by atoms with Crippen LogP contribution in [0.4, 0.5) is 0 Å². The number of carbonyl (C=O) groups excluding carboxylic acids is 1. The number of hydrogen-bond donors (Lipinski definition) is 2. The van der Waals surface area contributed by atoms with Crippen LogP contribution in [-0.4, -0.2) is 18.5 Å². The highest BCUT2D eigenvalue weighted by molar-refractivity contribution is 5.82. The van der Waals surface area contributed by atoms with Crippen LogP contribution in [0.25, 0.3) is 11.0 Å². The summed E-state index contributed by atoms with van der Waals surface area (Å²) in [6.45, 7) is 3.11. The van der Waals surface area contributed by atoms with Gasteiger partial charge in [-0.2, -0.15) is 0 Å². The first kappa shape index (κ1) is 13.2. The largest absolute Gasteiger partial charge is 0.461 e. The molecule has 1 aromatic heterocycles. The number of aryl methyl sites for hydroxylation is 1. The van der Waals surface area contributed by atoms with Gasteiger partial charge in [0.1, 0.15) is 11.3 Å². The fourth-order valence-corrected chi connectivity index (χ4v) is 2.44. The van der Waals surface area contributed by atoms with Crippen LogP contribution in [0.1, 0.15) is 31.1 Å². The molecule has 1 aliphatic carbocycles. The molecule has 20 heavy (non-hydrogen) atoms. The van der Waals surface area contributed by atoms with Crippen molar-refractivity contribution in [3.05, 3.63) is 35.6 Å². The molecule has 1 heterocycles. The van der Waals surface area contributed by atoms with Crippen LogP contribution in [0, 0.1) is 0 Å². The second kappa shape index (κ2) is 5.67. The summed E-state index contributed by atoms with van der Waals surface area (Å²) in [5.74, 6) is 1.08. The molecule has 4 heteroatoms. The van der Waals surface area contributed by atoms with E-state index in [1.807, 2.05) is 18.2 Å². The maximum Gasteiger partial charge on any atom is 0.234 e. The van der Waals surface area contributed by atoms with Gasteiger partial charge in [-0.3, -0.25) is 4.79 Å². The Morgan fingerprint density at radius 2 is 2.15 bits per heavy atom. The monoisotopic (exact) mass is 272 g/mol. The topological polar surface area (TPSA) is 54.3 Å². The minimum Gasteiger partial charge on any atom is -0.461 e. The Balaban J connectivity index is 1.65. The zero-order valence-electron chi connectivity index (χ0n) is 11.7. The van der Waals surface area contributed by atoms with Crippen molar-refractivity contribution >= 4 is 16.9 Å². The van der Waals surface area contributed by atoms with E-state index in [4.69, 9.17) is 4.42 Å². The summed E-state index contributed by atoms with van der Waals surface area (Å²) in [6.07, 6.45) is 3.11. The summed E-state index contributed by atoms with van der Waals surface area (Å²) >= 11 is 0. The van der Waals surface area contributed by atoms with Gasteiger partial charge in [-0.1, -0.05) is 25.1 Å². The third-order valence-electron chi connectivity index (χ3n) is 3.63. The van der Waals surface area contributed by atoms with Crippen LogP contribution in [0.3, 0.4) is 0 Å². The van der Waals surface area contributed by atoms with Crippen molar-refractivity contribution in [2.24, 2.45) is 0 Å².